The molecule has 2 aromatic carbocycles. The van der Waals surface area contributed by atoms with E-state index in [9.17, 15) is 14.9 Å². The summed E-state index contributed by atoms with van der Waals surface area (Å²) in [4.78, 5) is 24.1. The summed E-state index contributed by atoms with van der Waals surface area (Å²) in [6.07, 6.45) is 1.35. The first-order valence-corrected chi connectivity index (χ1v) is 7.96. The van der Waals surface area contributed by atoms with Crippen molar-refractivity contribution in [2.24, 2.45) is 5.10 Å². The summed E-state index contributed by atoms with van der Waals surface area (Å²) in [7, 11) is 5.12. The number of carbonyl (C=O) groups is 1. The van der Waals surface area contributed by atoms with Crippen LogP contribution in [0.3, 0.4) is 0 Å². The number of hydrogen-bond acceptors (Lipinski definition) is 7. The Kier molecular flexibility index (Phi) is 6.70. The van der Waals surface area contributed by atoms with Crippen LogP contribution in [0.15, 0.2) is 47.6 Å². The van der Waals surface area contributed by atoms with E-state index in [-0.39, 0.29) is 12.3 Å². The van der Waals surface area contributed by atoms with Crippen molar-refractivity contribution in [3.63, 3.8) is 0 Å². The predicted octanol–water partition coefficient (Wildman–Crippen LogP) is 2.20. The molecule has 0 aromatic heterocycles. The quantitative estimate of drug-likeness (QED) is 0.432. The van der Waals surface area contributed by atoms with E-state index in [1.807, 2.05) is 0 Å². The van der Waals surface area contributed by atoms with Gasteiger partial charge in [0.25, 0.3) is 11.6 Å². The van der Waals surface area contributed by atoms with Gasteiger partial charge in [-0.3, -0.25) is 14.9 Å². The monoisotopic (exact) mass is 372 g/mol. The molecule has 27 heavy (non-hydrogen) atoms. The fourth-order valence-corrected chi connectivity index (χ4v) is 2.25. The largest absolute Gasteiger partial charge is 0.493 e. The molecule has 0 unspecified atom stereocenters. The first-order chi connectivity index (χ1) is 12.9. The fraction of sp³-hybridized carbons (Fsp3) is 0.222. The van der Waals surface area contributed by atoms with Gasteiger partial charge in [-0.05, 0) is 18.2 Å². The number of carbonyl (C=O) groups excluding carboxylic acids is 1. The third-order valence-electron chi connectivity index (χ3n) is 3.52. The van der Waals surface area contributed by atoms with Gasteiger partial charge < -0.3 is 14.4 Å². The zero-order valence-corrected chi connectivity index (χ0v) is 15.2. The number of para-hydroxylation sites is 2. The van der Waals surface area contributed by atoms with Crippen molar-refractivity contribution in [1.29, 1.82) is 0 Å². The SMILES string of the molecule is COc1ccccc1OCC(=O)N/N=C\c1cc([N+](=O)[O-])ccc1N(C)C. The molecule has 0 bridgehead atoms. The van der Waals surface area contributed by atoms with Crippen LogP contribution in [0.2, 0.25) is 0 Å². The van der Waals surface area contributed by atoms with Crippen LogP contribution < -0.4 is 19.8 Å². The van der Waals surface area contributed by atoms with E-state index in [4.69, 9.17) is 9.47 Å². The Balaban J connectivity index is 2.01. The van der Waals surface area contributed by atoms with Crippen LogP contribution in [0.4, 0.5) is 11.4 Å². The van der Waals surface area contributed by atoms with Gasteiger partial charge in [0.15, 0.2) is 18.1 Å². The van der Waals surface area contributed by atoms with E-state index in [0.29, 0.717) is 17.1 Å². The molecular weight excluding hydrogens is 352 g/mol. The highest BCUT2D eigenvalue weighted by molar-refractivity contribution is 5.90. The number of hydrogen-bond donors (Lipinski definition) is 1. The van der Waals surface area contributed by atoms with Crippen LogP contribution in [0.25, 0.3) is 0 Å². The molecule has 0 spiro atoms. The van der Waals surface area contributed by atoms with Crippen LogP contribution >= 0.6 is 0 Å². The third kappa shape index (κ3) is 5.43. The maximum atomic E-state index is 11.9. The minimum Gasteiger partial charge on any atom is -0.493 e. The number of non-ortho nitro benzene ring substituents is 1. The Bertz CT molecular complexity index is 851. The van der Waals surface area contributed by atoms with Crippen molar-refractivity contribution in [1.82, 2.24) is 5.43 Å². The number of nitro benzene ring substituents is 1. The minimum absolute atomic E-state index is 0.0621. The predicted molar refractivity (Wildman–Crippen MR) is 102 cm³/mol. The highest BCUT2D eigenvalue weighted by Crippen LogP contribution is 2.25. The van der Waals surface area contributed by atoms with E-state index >= 15 is 0 Å². The average molecular weight is 372 g/mol. The van der Waals surface area contributed by atoms with Crippen LogP contribution in [-0.4, -0.2) is 44.9 Å². The van der Waals surface area contributed by atoms with Crippen molar-refractivity contribution in [2.75, 3.05) is 32.7 Å². The van der Waals surface area contributed by atoms with Gasteiger partial charge in [0.1, 0.15) is 0 Å². The summed E-state index contributed by atoms with van der Waals surface area (Å²) in [5.41, 5.74) is 3.49. The maximum absolute atomic E-state index is 11.9. The Morgan fingerprint density at radius 2 is 1.96 bits per heavy atom. The van der Waals surface area contributed by atoms with E-state index in [2.05, 4.69) is 10.5 Å². The molecule has 0 heterocycles. The highest BCUT2D eigenvalue weighted by atomic mass is 16.6. The van der Waals surface area contributed by atoms with E-state index in [1.54, 1.807) is 49.3 Å². The number of ether oxygens (including phenoxy) is 2. The fourth-order valence-electron chi connectivity index (χ4n) is 2.25. The van der Waals surface area contributed by atoms with Gasteiger partial charge in [0.2, 0.25) is 0 Å². The van der Waals surface area contributed by atoms with Gasteiger partial charge in [-0.1, -0.05) is 12.1 Å². The summed E-state index contributed by atoms with van der Waals surface area (Å²) < 4.78 is 10.5. The Hall–Kier alpha value is -3.62. The van der Waals surface area contributed by atoms with Gasteiger partial charge in [-0.15, -0.1) is 0 Å². The lowest BCUT2D eigenvalue weighted by molar-refractivity contribution is -0.384. The smallest absolute Gasteiger partial charge is 0.277 e. The van der Waals surface area contributed by atoms with Gasteiger partial charge in [-0.2, -0.15) is 5.10 Å². The molecule has 0 radical (unpaired) electrons. The number of benzene rings is 2. The first kappa shape index (κ1) is 19.7. The van der Waals surface area contributed by atoms with Crippen LogP contribution in [0.5, 0.6) is 11.5 Å². The first-order valence-electron chi connectivity index (χ1n) is 7.96. The van der Waals surface area contributed by atoms with Crippen LogP contribution in [0, 0.1) is 10.1 Å². The molecule has 1 amide bonds. The minimum atomic E-state index is -0.490. The maximum Gasteiger partial charge on any atom is 0.277 e. The molecule has 0 saturated carbocycles. The summed E-state index contributed by atoms with van der Waals surface area (Å²) in [6.45, 7) is -0.257. The summed E-state index contributed by atoms with van der Waals surface area (Å²) >= 11 is 0. The number of nitro groups is 1. The number of nitrogens with zero attached hydrogens (tertiary/aromatic N) is 3. The average Bonchev–Trinajstić information content (AvgIpc) is 2.66. The molecule has 0 fully saturated rings. The lowest BCUT2D eigenvalue weighted by Gasteiger charge is -2.14. The van der Waals surface area contributed by atoms with Crippen molar-refractivity contribution in [2.45, 2.75) is 0 Å². The van der Waals surface area contributed by atoms with Crippen molar-refractivity contribution in [3.8, 4) is 11.5 Å². The topological polar surface area (TPSA) is 106 Å². The van der Waals surface area contributed by atoms with Crippen molar-refractivity contribution < 1.29 is 19.2 Å². The third-order valence-corrected chi connectivity index (χ3v) is 3.52. The molecular formula is C18H20N4O5. The normalized spacial score (nSPS) is 10.5. The van der Waals surface area contributed by atoms with Gasteiger partial charge in [-0.25, -0.2) is 5.43 Å². The lowest BCUT2D eigenvalue weighted by atomic mass is 10.1. The molecule has 0 atom stereocenters. The summed E-state index contributed by atoms with van der Waals surface area (Å²) in [5.74, 6) is 0.475. The molecule has 9 heteroatoms. The second-order valence-corrected chi connectivity index (χ2v) is 5.63. The number of methoxy groups -OCH3 is 1. The van der Waals surface area contributed by atoms with Crippen LogP contribution in [0.1, 0.15) is 5.56 Å². The Morgan fingerprint density at radius 1 is 1.26 bits per heavy atom. The molecule has 0 aliphatic rings. The zero-order valence-electron chi connectivity index (χ0n) is 15.2. The van der Waals surface area contributed by atoms with Gasteiger partial charge in [0, 0.05) is 37.5 Å². The number of nitrogens with one attached hydrogen (secondary N) is 1. The number of rotatable bonds is 8. The van der Waals surface area contributed by atoms with Gasteiger partial charge >= 0.3 is 0 Å². The molecule has 142 valence electrons. The number of hydrazone groups is 1. The lowest BCUT2D eigenvalue weighted by Crippen LogP contribution is -2.24. The summed E-state index contributed by atoms with van der Waals surface area (Å²) in [5, 5.41) is 14.8. The Morgan fingerprint density at radius 3 is 2.59 bits per heavy atom. The standard InChI is InChI=1S/C18H20N4O5/c1-21(2)15-9-8-14(22(24)25)10-13(15)11-19-20-18(23)12-27-17-7-5-4-6-16(17)26-3/h4-11H,12H2,1-3H3,(H,20,23)/b19-11-. The number of amides is 1. The van der Waals surface area contributed by atoms with Crippen LogP contribution in [-0.2, 0) is 4.79 Å². The zero-order chi connectivity index (χ0) is 19.8. The number of anilines is 1. The Labute approximate surface area is 156 Å². The van der Waals surface area contributed by atoms with E-state index in [1.165, 1.54) is 25.5 Å². The van der Waals surface area contributed by atoms with Crippen molar-refractivity contribution in [3.05, 3.63) is 58.1 Å². The molecule has 2 aromatic rings. The highest BCUT2D eigenvalue weighted by Gasteiger charge is 2.11. The molecule has 0 aliphatic carbocycles. The molecule has 1 N–H and O–H groups in total. The van der Waals surface area contributed by atoms with Gasteiger partial charge in [0.05, 0.1) is 18.2 Å². The summed E-state index contributed by atoms with van der Waals surface area (Å²) in [6, 6.07) is 11.4. The molecule has 2 rings (SSSR count). The molecule has 9 nitrogen and oxygen atoms in total. The molecule has 0 saturated heterocycles. The van der Waals surface area contributed by atoms with E-state index in [0.717, 1.165) is 5.69 Å². The second kappa shape index (κ2) is 9.18. The van der Waals surface area contributed by atoms with E-state index < -0.39 is 10.8 Å². The molecule has 0 aliphatic heterocycles. The second-order valence-electron chi connectivity index (χ2n) is 5.63. The van der Waals surface area contributed by atoms with Crippen molar-refractivity contribution >= 4 is 23.5 Å².